The van der Waals surface area contributed by atoms with E-state index in [0.717, 1.165) is 17.7 Å². The molecule has 1 aliphatic rings. The van der Waals surface area contributed by atoms with Gasteiger partial charge >= 0.3 is 5.97 Å². The average molecular weight is 278 g/mol. The van der Waals surface area contributed by atoms with Gasteiger partial charge in [-0.3, -0.25) is 4.79 Å². The number of esters is 1. The zero-order valence-electron chi connectivity index (χ0n) is 11.2. The third-order valence-corrected chi connectivity index (χ3v) is 4.06. The van der Waals surface area contributed by atoms with E-state index < -0.39 is 0 Å². The van der Waals surface area contributed by atoms with Crippen LogP contribution < -0.4 is 0 Å². The molecule has 0 saturated heterocycles. The third kappa shape index (κ3) is 4.31. The molecule has 0 fully saturated rings. The second-order valence-electron chi connectivity index (χ2n) is 4.58. The van der Waals surface area contributed by atoms with Crippen LogP contribution in [-0.4, -0.2) is 23.9 Å². The fourth-order valence-electron chi connectivity index (χ4n) is 1.91. The maximum absolute atomic E-state index is 11.0. The molecule has 0 radical (unpaired) electrons. The van der Waals surface area contributed by atoms with E-state index in [-0.39, 0.29) is 18.2 Å². The maximum Gasteiger partial charge on any atom is 0.303 e. The average Bonchev–Trinajstić information content (AvgIpc) is 2.40. The lowest BCUT2D eigenvalue weighted by atomic mass is 10.0. The zero-order valence-corrected chi connectivity index (χ0v) is 12.0. The van der Waals surface area contributed by atoms with Crippen molar-refractivity contribution in [2.75, 3.05) is 5.75 Å². The number of hydrogen-bond donors (Lipinski definition) is 0. The van der Waals surface area contributed by atoms with Gasteiger partial charge in [-0.25, -0.2) is 0 Å². The topological polar surface area (TPSA) is 35.5 Å². The van der Waals surface area contributed by atoms with Crippen molar-refractivity contribution in [1.29, 1.82) is 0 Å². The Morgan fingerprint density at radius 1 is 1.42 bits per heavy atom. The van der Waals surface area contributed by atoms with E-state index in [0.29, 0.717) is 0 Å². The Morgan fingerprint density at radius 2 is 2.16 bits per heavy atom. The third-order valence-electron chi connectivity index (χ3n) is 2.92. The van der Waals surface area contributed by atoms with Crippen LogP contribution in [0.4, 0.5) is 0 Å². The molecule has 0 bridgehead atoms. The van der Waals surface area contributed by atoms with Gasteiger partial charge in [-0.15, -0.1) is 11.8 Å². The van der Waals surface area contributed by atoms with Gasteiger partial charge in [0.05, 0.1) is 6.26 Å². The molecule has 1 aromatic rings. The molecule has 1 aliphatic heterocycles. The van der Waals surface area contributed by atoms with Crippen molar-refractivity contribution in [2.24, 2.45) is 0 Å². The molecule has 3 nitrogen and oxygen atoms in total. The Bertz CT molecular complexity index is 456. The Hall–Kier alpha value is -1.42. The SMILES string of the molecule is CC(=O)O[C@H]1C[C@@H](CSc2ccccc2)OC=C1C. The van der Waals surface area contributed by atoms with Crippen LogP contribution in [0.15, 0.2) is 47.1 Å². The van der Waals surface area contributed by atoms with Gasteiger partial charge in [0.15, 0.2) is 0 Å². The second-order valence-corrected chi connectivity index (χ2v) is 5.67. The standard InChI is InChI=1S/C15H18O3S/c1-11-9-17-13(8-15(11)18-12(2)16)10-19-14-6-4-3-5-7-14/h3-7,9,13,15H,8,10H2,1-2H3/t13-,15-/m0/s1. The summed E-state index contributed by atoms with van der Waals surface area (Å²) in [7, 11) is 0. The molecule has 0 aromatic heterocycles. The van der Waals surface area contributed by atoms with Crippen molar-refractivity contribution in [3.8, 4) is 0 Å². The molecule has 0 spiro atoms. The summed E-state index contributed by atoms with van der Waals surface area (Å²) in [5, 5.41) is 0. The van der Waals surface area contributed by atoms with E-state index >= 15 is 0 Å². The zero-order chi connectivity index (χ0) is 13.7. The lowest BCUT2D eigenvalue weighted by Gasteiger charge is -2.28. The highest BCUT2D eigenvalue weighted by atomic mass is 32.2. The molecule has 1 heterocycles. The van der Waals surface area contributed by atoms with Crippen LogP contribution in [-0.2, 0) is 14.3 Å². The number of ether oxygens (including phenoxy) is 2. The van der Waals surface area contributed by atoms with Crippen LogP contribution in [0.25, 0.3) is 0 Å². The second kappa shape index (κ2) is 6.66. The smallest absolute Gasteiger partial charge is 0.303 e. The van der Waals surface area contributed by atoms with E-state index in [1.54, 1.807) is 18.0 Å². The molecule has 19 heavy (non-hydrogen) atoms. The van der Waals surface area contributed by atoms with Gasteiger partial charge in [0.1, 0.15) is 12.2 Å². The van der Waals surface area contributed by atoms with Gasteiger partial charge < -0.3 is 9.47 Å². The van der Waals surface area contributed by atoms with Gasteiger partial charge in [0, 0.05) is 29.6 Å². The molecule has 0 amide bonds. The fourth-order valence-corrected chi connectivity index (χ4v) is 2.86. The molecule has 4 heteroatoms. The maximum atomic E-state index is 11.0. The van der Waals surface area contributed by atoms with E-state index in [1.165, 1.54) is 11.8 Å². The lowest BCUT2D eigenvalue weighted by Crippen LogP contribution is -2.30. The molecule has 1 aromatic carbocycles. The first-order valence-corrected chi connectivity index (χ1v) is 7.31. The van der Waals surface area contributed by atoms with Crippen LogP contribution >= 0.6 is 11.8 Å². The van der Waals surface area contributed by atoms with E-state index in [2.05, 4.69) is 12.1 Å². The predicted molar refractivity (Wildman–Crippen MR) is 76.0 cm³/mol. The Labute approximate surface area is 118 Å². The summed E-state index contributed by atoms with van der Waals surface area (Å²) in [6.07, 6.45) is 2.38. The Kier molecular flexibility index (Phi) is 4.91. The van der Waals surface area contributed by atoms with Gasteiger partial charge in [0.25, 0.3) is 0 Å². The van der Waals surface area contributed by atoms with Gasteiger partial charge in [0.2, 0.25) is 0 Å². The van der Waals surface area contributed by atoms with Gasteiger partial charge in [-0.1, -0.05) is 18.2 Å². The number of carbonyl (C=O) groups excluding carboxylic acids is 1. The summed E-state index contributed by atoms with van der Waals surface area (Å²) in [4.78, 5) is 12.3. The van der Waals surface area contributed by atoms with E-state index in [1.807, 2.05) is 25.1 Å². The molecule has 2 rings (SSSR count). The molecular formula is C15H18O3S. The summed E-state index contributed by atoms with van der Waals surface area (Å²) in [5.41, 5.74) is 0.969. The molecular weight excluding hydrogens is 260 g/mol. The highest BCUT2D eigenvalue weighted by Gasteiger charge is 2.25. The summed E-state index contributed by atoms with van der Waals surface area (Å²) in [5.74, 6) is 0.611. The van der Waals surface area contributed by atoms with E-state index in [9.17, 15) is 4.79 Å². The number of rotatable bonds is 4. The first kappa shape index (κ1) is 14.0. The van der Waals surface area contributed by atoms with Crippen LogP contribution in [0.2, 0.25) is 0 Å². The van der Waals surface area contributed by atoms with Crippen molar-refractivity contribution in [3.05, 3.63) is 42.2 Å². The van der Waals surface area contributed by atoms with Crippen molar-refractivity contribution < 1.29 is 14.3 Å². The molecule has 0 saturated carbocycles. The van der Waals surface area contributed by atoms with Crippen molar-refractivity contribution in [2.45, 2.75) is 37.4 Å². The number of carbonyl (C=O) groups is 1. The van der Waals surface area contributed by atoms with Crippen LogP contribution in [0.5, 0.6) is 0 Å². The first-order valence-electron chi connectivity index (χ1n) is 6.32. The lowest BCUT2D eigenvalue weighted by molar-refractivity contribution is -0.146. The summed E-state index contributed by atoms with van der Waals surface area (Å²) in [6, 6.07) is 10.2. The highest BCUT2D eigenvalue weighted by Crippen LogP contribution is 2.26. The molecule has 0 unspecified atom stereocenters. The summed E-state index contributed by atoms with van der Waals surface area (Å²) >= 11 is 1.75. The highest BCUT2D eigenvalue weighted by molar-refractivity contribution is 7.99. The number of hydrogen-bond acceptors (Lipinski definition) is 4. The Balaban J connectivity index is 1.87. The molecule has 0 aliphatic carbocycles. The molecule has 102 valence electrons. The van der Waals surface area contributed by atoms with Gasteiger partial charge in [-0.05, 0) is 19.1 Å². The summed E-state index contributed by atoms with van der Waals surface area (Å²) < 4.78 is 10.9. The van der Waals surface area contributed by atoms with Crippen molar-refractivity contribution in [3.63, 3.8) is 0 Å². The largest absolute Gasteiger partial charge is 0.497 e. The monoisotopic (exact) mass is 278 g/mol. The Morgan fingerprint density at radius 3 is 2.84 bits per heavy atom. The first-order chi connectivity index (χ1) is 9.15. The van der Waals surface area contributed by atoms with Crippen LogP contribution in [0, 0.1) is 0 Å². The molecule has 2 atom stereocenters. The normalized spacial score (nSPS) is 22.3. The fraction of sp³-hybridized carbons (Fsp3) is 0.400. The quantitative estimate of drug-likeness (QED) is 0.624. The number of benzene rings is 1. The molecule has 0 N–H and O–H groups in total. The van der Waals surface area contributed by atoms with Crippen LogP contribution in [0.3, 0.4) is 0 Å². The van der Waals surface area contributed by atoms with Gasteiger partial charge in [-0.2, -0.15) is 0 Å². The van der Waals surface area contributed by atoms with Crippen LogP contribution in [0.1, 0.15) is 20.3 Å². The predicted octanol–water partition coefficient (Wildman–Crippen LogP) is 3.40. The summed E-state index contributed by atoms with van der Waals surface area (Å²) in [6.45, 7) is 3.37. The van der Waals surface area contributed by atoms with Crippen molar-refractivity contribution >= 4 is 17.7 Å². The van der Waals surface area contributed by atoms with E-state index in [4.69, 9.17) is 9.47 Å². The number of thioether (sulfide) groups is 1. The van der Waals surface area contributed by atoms with Crippen molar-refractivity contribution in [1.82, 2.24) is 0 Å². The minimum absolute atomic E-state index is 0.0817. The minimum Gasteiger partial charge on any atom is -0.497 e. The minimum atomic E-state index is -0.242.